The van der Waals surface area contributed by atoms with Crippen LogP contribution >= 0.6 is 11.3 Å². The third-order valence-electron chi connectivity index (χ3n) is 4.57. The molecule has 24 heavy (non-hydrogen) atoms. The summed E-state index contributed by atoms with van der Waals surface area (Å²) in [6, 6.07) is 8.39. The molecular weight excluding hydrogens is 320 g/mol. The van der Waals surface area contributed by atoms with E-state index in [1.54, 1.807) is 0 Å². The van der Waals surface area contributed by atoms with Gasteiger partial charge in [-0.3, -0.25) is 9.69 Å². The summed E-state index contributed by atoms with van der Waals surface area (Å²) in [6.45, 7) is 4.45. The highest BCUT2D eigenvalue weighted by Gasteiger charge is 2.24. The highest BCUT2D eigenvalue weighted by Crippen LogP contribution is 2.20. The van der Waals surface area contributed by atoms with Crippen molar-refractivity contribution in [3.63, 3.8) is 0 Å². The molecule has 2 aromatic rings. The van der Waals surface area contributed by atoms with Crippen molar-refractivity contribution in [3.05, 3.63) is 46.5 Å². The number of hydrogen-bond acceptors (Lipinski definition) is 5. The van der Waals surface area contributed by atoms with Crippen molar-refractivity contribution in [2.24, 2.45) is 0 Å². The first kappa shape index (κ1) is 16.9. The number of thiazole rings is 1. The van der Waals surface area contributed by atoms with Crippen LogP contribution in [0.2, 0.25) is 0 Å². The van der Waals surface area contributed by atoms with E-state index in [0.29, 0.717) is 11.7 Å². The highest BCUT2D eigenvalue weighted by molar-refractivity contribution is 7.13. The maximum atomic E-state index is 12.4. The number of hydrogen-bond donors (Lipinski definition) is 2. The minimum Gasteiger partial charge on any atom is -0.375 e. The molecule has 1 amide bonds. The van der Waals surface area contributed by atoms with Gasteiger partial charge in [-0.05, 0) is 37.3 Å². The topological polar surface area (TPSA) is 71.2 Å². The molecular formula is C18H24N4OS. The largest absolute Gasteiger partial charge is 0.375 e. The Hall–Kier alpha value is -1.92. The van der Waals surface area contributed by atoms with Gasteiger partial charge >= 0.3 is 0 Å². The minimum absolute atomic E-state index is 0.103. The number of fused-ring (bicyclic) bond motifs is 1. The molecule has 1 aromatic heterocycles. The average Bonchev–Trinajstić information content (AvgIpc) is 3.02. The lowest BCUT2D eigenvalue weighted by atomic mass is 9.99. The van der Waals surface area contributed by atoms with Crippen LogP contribution in [0.4, 0.5) is 5.13 Å². The number of amides is 1. The first-order valence-corrected chi connectivity index (χ1v) is 9.30. The van der Waals surface area contributed by atoms with E-state index in [1.165, 1.54) is 22.5 Å². The number of nitrogens with one attached hydrogen (secondary N) is 1. The zero-order chi connectivity index (χ0) is 16.9. The number of anilines is 1. The Morgan fingerprint density at radius 3 is 2.96 bits per heavy atom. The number of carbonyl (C=O) groups is 1. The van der Waals surface area contributed by atoms with Crippen LogP contribution in [0.3, 0.4) is 0 Å². The van der Waals surface area contributed by atoms with E-state index >= 15 is 0 Å². The smallest absolute Gasteiger partial charge is 0.237 e. The molecule has 128 valence electrons. The molecule has 1 atom stereocenters. The first-order chi connectivity index (χ1) is 11.6. The molecule has 1 aromatic carbocycles. The summed E-state index contributed by atoms with van der Waals surface area (Å²) in [4.78, 5) is 18.9. The van der Waals surface area contributed by atoms with E-state index in [9.17, 15) is 4.79 Å². The van der Waals surface area contributed by atoms with E-state index in [4.69, 9.17) is 5.73 Å². The Morgan fingerprint density at radius 2 is 2.21 bits per heavy atom. The fourth-order valence-electron chi connectivity index (χ4n) is 3.08. The molecule has 0 saturated carbocycles. The van der Waals surface area contributed by atoms with Crippen molar-refractivity contribution in [1.82, 2.24) is 15.2 Å². The Bertz CT molecular complexity index is 700. The third kappa shape index (κ3) is 4.13. The van der Waals surface area contributed by atoms with Gasteiger partial charge in [0, 0.05) is 25.0 Å². The third-order valence-corrected chi connectivity index (χ3v) is 5.29. The Kier molecular flexibility index (Phi) is 5.48. The number of rotatable bonds is 6. The molecule has 0 aliphatic carbocycles. The molecule has 0 radical (unpaired) electrons. The molecule has 0 saturated heterocycles. The van der Waals surface area contributed by atoms with Gasteiger partial charge in [-0.15, -0.1) is 11.3 Å². The molecule has 1 aliphatic rings. The molecule has 0 bridgehead atoms. The lowest BCUT2D eigenvalue weighted by Crippen LogP contribution is -2.47. The van der Waals surface area contributed by atoms with Crippen molar-refractivity contribution < 1.29 is 4.79 Å². The predicted octanol–water partition coefficient (Wildman–Crippen LogP) is 2.22. The number of benzene rings is 1. The van der Waals surface area contributed by atoms with Crippen LogP contribution < -0.4 is 11.1 Å². The number of aryl methyl sites for hydroxylation is 1. The highest BCUT2D eigenvalue weighted by atomic mass is 32.1. The van der Waals surface area contributed by atoms with Gasteiger partial charge in [-0.25, -0.2) is 4.98 Å². The number of carbonyl (C=O) groups excluding carboxylic acids is 1. The molecule has 0 spiro atoms. The van der Waals surface area contributed by atoms with Gasteiger partial charge in [0.05, 0.1) is 11.7 Å². The summed E-state index contributed by atoms with van der Waals surface area (Å²) in [6.07, 6.45) is 2.74. The average molecular weight is 344 g/mol. The molecule has 3 N–H and O–H groups in total. The lowest BCUT2D eigenvalue weighted by Gasteiger charge is -2.32. The van der Waals surface area contributed by atoms with Gasteiger partial charge < -0.3 is 11.1 Å². The number of aromatic nitrogens is 1. The van der Waals surface area contributed by atoms with Gasteiger partial charge in [0.25, 0.3) is 0 Å². The number of nitrogen functional groups attached to an aromatic ring is 1. The van der Waals surface area contributed by atoms with Crippen molar-refractivity contribution in [1.29, 1.82) is 0 Å². The van der Waals surface area contributed by atoms with Gasteiger partial charge in [0.1, 0.15) is 0 Å². The SMILES string of the molecule is C[C@@H](C(=O)NCCCc1csc(N)n1)N1CCc2ccccc2C1. The molecule has 2 heterocycles. The number of nitrogens with two attached hydrogens (primary N) is 1. The van der Waals surface area contributed by atoms with E-state index in [2.05, 4.69) is 39.5 Å². The quantitative estimate of drug-likeness (QED) is 0.788. The van der Waals surface area contributed by atoms with Gasteiger partial charge in [-0.2, -0.15) is 0 Å². The van der Waals surface area contributed by atoms with Crippen LogP contribution in [0.25, 0.3) is 0 Å². The van der Waals surface area contributed by atoms with Gasteiger partial charge in [0.2, 0.25) is 5.91 Å². The summed E-state index contributed by atoms with van der Waals surface area (Å²) >= 11 is 1.46. The molecule has 3 rings (SSSR count). The van der Waals surface area contributed by atoms with Crippen LogP contribution in [0.5, 0.6) is 0 Å². The predicted molar refractivity (Wildman–Crippen MR) is 97.9 cm³/mol. The van der Waals surface area contributed by atoms with Crippen LogP contribution in [0.1, 0.15) is 30.2 Å². The fourth-order valence-corrected chi connectivity index (χ4v) is 3.68. The molecule has 5 nitrogen and oxygen atoms in total. The van der Waals surface area contributed by atoms with Crippen LogP contribution in [-0.4, -0.2) is 34.9 Å². The summed E-state index contributed by atoms with van der Waals surface area (Å²) in [7, 11) is 0. The van der Waals surface area contributed by atoms with Gasteiger partial charge in [-0.1, -0.05) is 24.3 Å². The van der Waals surface area contributed by atoms with Crippen molar-refractivity contribution >= 4 is 22.4 Å². The van der Waals surface area contributed by atoms with Crippen molar-refractivity contribution in [2.75, 3.05) is 18.8 Å². The zero-order valence-electron chi connectivity index (χ0n) is 14.0. The zero-order valence-corrected chi connectivity index (χ0v) is 14.8. The minimum atomic E-state index is -0.103. The Labute approximate surface area is 146 Å². The number of nitrogens with zero attached hydrogens (tertiary/aromatic N) is 2. The summed E-state index contributed by atoms with van der Waals surface area (Å²) < 4.78 is 0. The Morgan fingerprint density at radius 1 is 1.42 bits per heavy atom. The standard InChI is InChI=1S/C18H24N4OS/c1-13(22-10-8-14-5-2-3-6-15(14)11-22)17(23)20-9-4-7-16-12-24-18(19)21-16/h2-3,5-6,12-13H,4,7-11H2,1H3,(H2,19,21)(H,20,23)/t13-/m0/s1. The summed E-state index contributed by atoms with van der Waals surface area (Å²) in [5.41, 5.74) is 9.37. The summed E-state index contributed by atoms with van der Waals surface area (Å²) in [5.74, 6) is 0.104. The molecule has 0 unspecified atom stereocenters. The van der Waals surface area contributed by atoms with Crippen LogP contribution in [-0.2, 0) is 24.2 Å². The van der Waals surface area contributed by atoms with Crippen molar-refractivity contribution in [2.45, 2.75) is 38.8 Å². The Balaban J connectivity index is 1.43. The second-order valence-electron chi connectivity index (χ2n) is 6.24. The van der Waals surface area contributed by atoms with E-state index < -0.39 is 0 Å². The summed E-state index contributed by atoms with van der Waals surface area (Å²) in [5, 5.41) is 5.63. The first-order valence-electron chi connectivity index (χ1n) is 8.42. The van der Waals surface area contributed by atoms with E-state index in [0.717, 1.165) is 38.0 Å². The maximum Gasteiger partial charge on any atom is 0.237 e. The normalized spacial score (nSPS) is 15.7. The van der Waals surface area contributed by atoms with Crippen LogP contribution in [0.15, 0.2) is 29.6 Å². The molecule has 6 heteroatoms. The second-order valence-corrected chi connectivity index (χ2v) is 7.13. The maximum absolute atomic E-state index is 12.4. The van der Waals surface area contributed by atoms with E-state index in [-0.39, 0.29) is 11.9 Å². The molecule has 1 aliphatic heterocycles. The van der Waals surface area contributed by atoms with Gasteiger partial charge in [0.15, 0.2) is 5.13 Å². The van der Waals surface area contributed by atoms with Crippen molar-refractivity contribution in [3.8, 4) is 0 Å². The van der Waals surface area contributed by atoms with Crippen LogP contribution in [0, 0.1) is 0 Å². The lowest BCUT2D eigenvalue weighted by molar-refractivity contribution is -0.126. The monoisotopic (exact) mass is 344 g/mol. The second kappa shape index (κ2) is 7.77. The fraction of sp³-hybridized carbons (Fsp3) is 0.444. The molecule has 0 fully saturated rings. The van der Waals surface area contributed by atoms with E-state index in [1.807, 2.05) is 12.3 Å².